The summed E-state index contributed by atoms with van der Waals surface area (Å²) in [6, 6.07) is 9.37. The van der Waals surface area contributed by atoms with Gasteiger partial charge in [-0.15, -0.1) is 0 Å². The van der Waals surface area contributed by atoms with Crippen LogP contribution in [0.2, 0.25) is 5.02 Å². The highest BCUT2D eigenvalue weighted by molar-refractivity contribution is 6.31. The van der Waals surface area contributed by atoms with Crippen molar-refractivity contribution in [1.29, 1.82) is 0 Å². The Morgan fingerprint density at radius 2 is 2.11 bits per heavy atom. The van der Waals surface area contributed by atoms with Crippen molar-refractivity contribution in [2.24, 2.45) is 0 Å². The van der Waals surface area contributed by atoms with E-state index in [0.29, 0.717) is 10.7 Å². The maximum atomic E-state index is 10.2. The number of ether oxygens (including phenoxy) is 1. The monoisotopic (exact) mass is 280 g/mol. The van der Waals surface area contributed by atoms with E-state index in [9.17, 15) is 5.11 Å². The SMILES string of the molecule is CCCn1ncc(Cl)c1C(O)COc1ccccc1. The summed E-state index contributed by atoms with van der Waals surface area (Å²) in [7, 11) is 0. The van der Waals surface area contributed by atoms with Gasteiger partial charge in [0.1, 0.15) is 18.5 Å². The van der Waals surface area contributed by atoms with Crippen molar-refractivity contribution in [3.05, 3.63) is 47.2 Å². The Bertz CT molecular complexity index is 513. The van der Waals surface area contributed by atoms with Gasteiger partial charge >= 0.3 is 0 Å². The Balaban J connectivity index is 2.03. The lowest BCUT2D eigenvalue weighted by Crippen LogP contribution is -2.15. The molecule has 0 bridgehead atoms. The molecule has 0 aliphatic carbocycles. The van der Waals surface area contributed by atoms with Gasteiger partial charge in [0.25, 0.3) is 0 Å². The highest BCUT2D eigenvalue weighted by Crippen LogP contribution is 2.24. The molecule has 0 radical (unpaired) electrons. The van der Waals surface area contributed by atoms with Crippen LogP contribution in [0.15, 0.2) is 36.5 Å². The number of nitrogens with zero attached hydrogens (tertiary/aromatic N) is 2. The van der Waals surface area contributed by atoms with E-state index in [1.807, 2.05) is 37.3 Å². The minimum atomic E-state index is -0.790. The smallest absolute Gasteiger partial charge is 0.131 e. The number of para-hydroxylation sites is 1. The summed E-state index contributed by atoms with van der Waals surface area (Å²) < 4.78 is 7.25. The molecule has 0 amide bonds. The predicted octanol–water partition coefficient (Wildman–Crippen LogP) is 3.06. The molecule has 0 saturated carbocycles. The summed E-state index contributed by atoms with van der Waals surface area (Å²) in [5.74, 6) is 0.722. The Labute approximate surface area is 117 Å². The Kier molecular flexibility index (Phi) is 4.82. The standard InChI is InChI=1S/C14H17ClN2O2/c1-2-8-17-14(12(15)9-16-17)13(18)10-19-11-6-4-3-5-7-11/h3-7,9,13,18H,2,8,10H2,1H3. The van der Waals surface area contributed by atoms with Crippen LogP contribution in [0.3, 0.4) is 0 Å². The van der Waals surface area contributed by atoms with E-state index in [4.69, 9.17) is 16.3 Å². The van der Waals surface area contributed by atoms with Gasteiger partial charge in [-0.3, -0.25) is 4.68 Å². The van der Waals surface area contributed by atoms with Gasteiger partial charge in [0.15, 0.2) is 0 Å². The third-order valence-electron chi connectivity index (χ3n) is 2.74. The fourth-order valence-corrected chi connectivity index (χ4v) is 2.13. The van der Waals surface area contributed by atoms with Crippen LogP contribution in [-0.2, 0) is 6.54 Å². The lowest BCUT2D eigenvalue weighted by atomic mass is 10.2. The zero-order chi connectivity index (χ0) is 13.7. The molecule has 0 spiro atoms. The summed E-state index contributed by atoms with van der Waals surface area (Å²) >= 11 is 6.06. The second-order valence-electron chi connectivity index (χ2n) is 4.24. The van der Waals surface area contributed by atoms with Crippen LogP contribution in [0.5, 0.6) is 5.75 Å². The van der Waals surface area contributed by atoms with Gasteiger partial charge in [-0.2, -0.15) is 5.10 Å². The average Bonchev–Trinajstić information content (AvgIpc) is 2.79. The van der Waals surface area contributed by atoms with Crippen molar-refractivity contribution in [1.82, 2.24) is 9.78 Å². The Hall–Kier alpha value is -1.52. The number of rotatable bonds is 6. The van der Waals surface area contributed by atoms with E-state index in [1.54, 1.807) is 10.9 Å². The summed E-state index contributed by atoms with van der Waals surface area (Å²) in [6.45, 7) is 2.93. The maximum absolute atomic E-state index is 10.2. The highest BCUT2D eigenvalue weighted by Gasteiger charge is 2.18. The zero-order valence-corrected chi connectivity index (χ0v) is 11.5. The highest BCUT2D eigenvalue weighted by atomic mass is 35.5. The van der Waals surface area contributed by atoms with Crippen LogP contribution in [0, 0.1) is 0 Å². The number of aliphatic hydroxyl groups excluding tert-OH is 1. The summed E-state index contributed by atoms with van der Waals surface area (Å²) in [4.78, 5) is 0. The van der Waals surface area contributed by atoms with Crippen molar-refractivity contribution < 1.29 is 9.84 Å². The molecular formula is C14H17ClN2O2. The number of aryl methyl sites for hydroxylation is 1. The van der Waals surface area contributed by atoms with E-state index in [-0.39, 0.29) is 6.61 Å². The number of hydrogen-bond donors (Lipinski definition) is 1. The average molecular weight is 281 g/mol. The molecule has 19 heavy (non-hydrogen) atoms. The fraction of sp³-hybridized carbons (Fsp3) is 0.357. The third-order valence-corrected chi connectivity index (χ3v) is 3.03. The fourth-order valence-electron chi connectivity index (χ4n) is 1.86. The van der Waals surface area contributed by atoms with Crippen molar-refractivity contribution in [2.75, 3.05) is 6.61 Å². The topological polar surface area (TPSA) is 47.3 Å². The molecule has 1 N–H and O–H groups in total. The largest absolute Gasteiger partial charge is 0.490 e. The van der Waals surface area contributed by atoms with Crippen LogP contribution in [0.1, 0.15) is 25.1 Å². The van der Waals surface area contributed by atoms with E-state index in [1.165, 1.54) is 0 Å². The normalized spacial score (nSPS) is 12.4. The number of aromatic nitrogens is 2. The van der Waals surface area contributed by atoms with Crippen molar-refractivity contribution >= 4 is 11.6 Å². The molecule has 0 aliphatic rings. The zero-order valence-electron chi connectivity index (χ0n) is 10.8. The molecule has 0 aliphatic heterocycles. The van der Waals surface area contributed by atoms with Gasteiger partial charge in [-0.1, -0.05) is 36.7 Å². The molecule has 4 nitrogen and oxygen atoms in total. The Morgan fingerprint density at radius 3 is 2.79 bits per heavy atom. The van der Waals surface area contributed by atoms with E-state index in [0.717, 1.165) is 18.7 Å². The molecule has 2 rings (SSSR count). The molecule has 5 heteroatoms. The predicted molar refractivity (Wildman–Crippen MR) is 74.4 cm³/mol. The van der Waals surface area contributed by atoms with Crippen LogP contribution in [-0.4, -0.2) is 21.5 Å². The number of benzene rings is 1. The quantitative estimate of drug-likeness (QED) is 0.885. The minimum absolute atomic E-state index is 0.152. The van der Waals surface area contributed by atoms with Gasteiger partial charge in [0, 0.05) is 6.54 Å². The second-order valence-corrected chi connectivity index (χ2v) is 4.65. The molecular weight excluding hydrogens is 264 g/mol. The molecule has 102 valence electrons. The first-order valence-corrected chi connectivity index (χ1v) is 6.67. The molecule has 1 aromatic carbocycles. The first-order chi connectivity index (χ1) is 9.22. The van der Waals surface area contributed by atoms with Gasteiger partial charge in [0.05, 0.1) is 16.9 Å². The third kappa shape index (κ3) is 3.49. The Morgan fingerprint density at radius 1 is 1.37 bits per heavy atom. The van der Waals surface area contributed by atoms with Crippen LogP contribution in [0.25, 0.3) is 0 Å². The van der Waals surface area contributed by atoms with E-state index < -0.39 is 6.10 Å². The van der Waals surface area contributed by atoms with Crippen molar-refractivity contribution in [2.45, 2.75) is 26.0 Å². The number of hydrogen-bond acceptors (Lipinski definition) is 3. The molecule has 2 aromatic rings. The van der Waals surface area contributed by atoms with E-state index in [2.05, 4.69) is 5.10 Å². The van der Waals surface area contributed by atoms with Crippen LogP contribution in [0.4, 0.5) is 0 Å². The molecule has 0 fully saturated rings. The van der Waals surface area contributed by atoms with Crippen molar-refractivity contribution in [3.63, 3.8) is 0 Å². The van der Waals surface area contributed by atoms with Gasteiger partial charge in [-0.05, 0) is 18.6 Å². The van der Waals surface area contributed by atoms with Gasteiger partial charge in [0.2, 0.25) is 0 Å². The number of aliphatic hydroxyl groups is 1. The number of halogens is 1. The summed E-state index contributed by atoms with van der Waals surface area (Å²) in [5, 5.41) is 14.8. The minimum Gasteiger partial charge on any atom is -0.490 e. The first-order valence-electron chi connectivity index (χ1n) is 6.29. The van der Waals surface area contributed by atoms with Gasteiger partial charge in [-0.25, -0.2) is 0 Å². The van der Waals surface area contributed by atoms with Crippen LogP contribution < -0.4 is 4.74 Å². The second kappa shape index (κ2) is 6.59. The van der Waals surface area contributed by atoms with Crippen LogP contribution >= 0.6 is 11.6 Å². The van der Waals surface area contributed by atoms with E-state index >= 15 is 0 Å². The molecule has 1 unspecified atom stereocenters. The lowest BCUT2D eigenvalue weighted by molar-refractivity contribution is 0.100. The molecule has 1 aromatic heterocycles. The molecule has 1 atom stereocenters. The summed E-state index contributed by atoms with van der Waals surface area (Å²) in [5.41, 5.74) is 0.611. The maximum Gasteiger partial charge on any atom is 0.131 e. The molecule has 1 heterocycles. The van der Waals surface area contributed by atoms with Crippen molar-refractivity contribution in [3.8, 4) is 5.75 Å². The first kappa shape index (κ1) is 13.9. The summed E-state index contributed by atoms with van der Waals surface area (Å²) in [6.07, 6.45) is 1.69. The van der Waals surface area contributed by atoms with Gasteiger partial charge < -0.3 is 9.84 Å². The lowest BCUT2D eigenvalue weighted by Gasteiger charge is -2.14. The molecule has 0 saturated heterocycles.